The maximum atomic E-state index is 15.1. The van der Waals surface area contributed by atoms with Gasteiger partial charge in [0.2, 0.25) is 0 Å². The summed E-state index contributed by atoms with van der Waals surface area (Å²) in [6, 6.07) is 3.15. The van der Waals surface area contributed by atoms with Gasteiger partial charge in [-0.05, 0) is 30.0 Å². The zero-order chi connectivity index (χ0) is 17.6. The van der Waals surface area contributed by atoms with Crippen LogP contribution in [0.1, 0.15) is 36.8 Å². The highest BCUT2D eigenvalue weighted by Gasteiger charge is 2.30. The summed E-state index contributed by atoms with van der Waals surface area (Å²) in [4.78, 5) is 11.3. The molecule has 2 aliphatic heterocycles. The number of carbonyl (C=O) groups is 1. The Labute approximate surface area is 147 Å². The van der Waals surface area contributed by atoms with Gasteiger partial charge in [-0.15, -0.1) is 0 Å². The van der Waals surface area contributed by atoms with Gasteiger partial charge in [0.15, 0.2) is 11.0 Å². The normalized spacial score (nSPS) is 26.2. The molecule has 0 aromatic heterocycles. The number of carbonyl (C=O) groups excluding carboxylic acids is 1. The molecule has 0 saturated heterocycles. The molecule has 1 fully saturated rings. The molecule has 5 nitrogen and oxygen atoms in total. The van der Waals surface area contributed by atoms with E-state index in [0.29, 0.717) is 12.1 Å². The Morgan fingerprint density at radius 2 is 2.12 bits per heavy atom. The average Bonchev–Trinajstić information content (AvgIpc) is 3.10. The number of amides is 1. The number of phenolic OH excluding ortho intramolecular Hbond substituents is 1. The largest absolute Gasteiger partial charge is 0.507 e. The van der Waals surface area contributed by atoms with Crippen LogP contribution in [0.5, 0.6) is 5.75 Å². The van der Waals surface area contributed by atoms with E-state index in [-0.39, 0.29) is 22.3 Å². The average molecular weight is 362 g/mol. The van der Waals surface area contributed by atoms with E-state index < -0.39 is 22.7 Å². The number of hydrogen-bond acceptors (Lipinski definition) is 4. The Morgan fingerprint density at radius 3 is 2.76 bits per heavy atom. The molecule has 1 aliphatic carbocycles. The highest BCUT2D eigenvalue weighted by Crippen LogP contribution is 2.37. The summed E-state index contributed by atoms with van der Waals surface area (Å²) in [5.74, 6) is -0.778. The molecule has 2 unspecified atom stereocenters. The zero-order valence-corrected chi connectivity index (χ0v) is 14.4. The van der Waals surface area contributed by atoms with Gasteiger partial charge in [-0.3, -0.25) is 9.52 Å². The lowest BCUT2D eigenvalue weighted by Gasteiger charge is -2.27. The maximum Gasteiger partial charge on any atom is 0.257 e. The second-order valence-corrected chi connectivity index (χ2v) is 7.96. The summed E-state index contributed by atoms with van der Waals surface area (Å²) < 4.78 is 29.2. The SMILES string of the molecule is O=C1C=C(c2c(O)ccc(C3=CC(CC4CCC4)NC3)c2F)S(=O)N1. The number of nitrogens with one attached hydrogen (secondary N) is 2. The topological polar surface area (TPSA) is 78.4 Å². The van der Waals surface area contributed by atoms with Crippen molar-refractivity contribution < 1.29 is 18.5 Å². The van der Waals surface area contributed by atoms with Crippen LogP contribution in [0, 0.1) is 11.7 Å². The first-order valence-corrected chi connectivity index (χ1v) is 9.58. The first-order valence-electron chi connectivity index (χ1n) is 8.43. The standard InChI is InChI=1S/C18H19FN2O3S/c19-18-13(11-7-12(20-9-11)6-10-2-1-3-10)4-5-14(22)17(18)15-8-16(23)21-25(15)24/h4-5,7-8,10,12,20,22H,1-3,6,9H2,(H,21,23). The molecule has 1 amide bonds. The molecule has 0 spiro atoms. The van der Waals surface area contributed by atoms with Crippen molar-refractivity contribution in [3.05, 3.63) is 41.2 Å². The van der Waals surface area contributed by atoms with Gasteiger partial charge >= 0.3 is 0 Å². The maximum absolute atomic E-state index is 15.1. The van der Waals surface area contributed by atoms with Crippen LogP contribution < -0.4 is 10.0 Å². The zero-order valence-electron chi connectivity index (χ0n) is 13.5. The second-order valence-electron chi connectivity index (χ2n) is 6.78. The molecule has 0 bridgehead atoms. The van der Waals surface area contributed by atoms with Crippen molar-refractivity contribution in [3.63, 3.8) is 0 Å². The van der Waals surface area contributed by atoms with E-state index >= 15 is 4.39 Å². The molecule has 2 heterocycles. The molecule has 7 heteroatoms. The van der Waals surface area contributed by atoms with Crippen LogP contribution in [0.3, 0.4) is 0 Å². The Kier molecular flexibility index (Phi) is 4.21. The number of benzene rings is 1. The molecule has 2 atom stereocenters. The predicted molar refractivity (Wildman–Crippen MR) is 94.1 cm³/mol. The summed E-state index contributed by atoms with van der Waals surface area (Å²) in [6.45, 7) is 0.553. The highest BCUT2D eigenvalue weighted by molar-refractivity contribution is 7.94. The Bertz CT molecular complexity index is 830. The van der Waals surface area contributed by atoms with Gasteiger partial charge in [-0.1, -0.05) is 25.3 Å². The van der Waals surface area contributed by atoms with Crippen LogP contribution in [0.15, 0.2) is 24.3 Å². The summed E-state index contributed by atoms with van der Waals surface area (Å²) in [6.07, 6.45) is 7.99. The monoisotopic (exact) mass is 362 g/mol. The van der Waals surface area contributed by atoms with Crippen molar-refractivity contribution in [1.82, 2.24) is 10.0 Å². The first kappa shape index (κ1) is 16.5. The van der Waals surface area contributed by atoms with Gasteiger partial charge in [0.1, 0.15) is 11.6 Å². The fraction of sp³-hybridized carbons (Fsp3) is 0.389. The van der Waals surface area contributed by atoms with Crippen LogP contribution in [-0.2, 0) is 15.8 Å². The summed E-state index contributed by atoms with van der Waals surface area (Å²) in [5.41, 5.74) is 1.03. The van der Waals surface area contributed by atoms with E-state index in [0.717, 1.165) is 24.0 Å². The van der Waals surface area contributed by atoms with Crippen molar-refractivity contribution in [2.75, 3.05) is 6.54 Å². The van der Waals surface area contributed by atoms with Crippen molar-refractivity contribution in [1.29, 1.82) is 0 Å². The van der Waals surface area contributed by atoms with E-state index in [4.69, 9.17) is 0 Å². The van der Waals surface area contributed by atoms with Crippen molar-refractivity contribution in [2.24, 2.45) is 5.92 Å². The summed E-state index contributed by atoms with van der Waals surface area (Å²) in [7, 11) is -1.85. The third kappa shape index (κ3) is 3.02. The van der Waals surface area contributed by atoms with Gasteiger partial charge < -0.3 is 10.4 Å². The van der Waals surface area contributed by atoms with E-state index in [1.165, 1.54) is 31.4 Å². The minimum Gasteiger partial charge on any atom is -0.507 e. The van der Waals surface area contributed by atoms with Crippen molar-refractivity contribution in [2.45, 2.75) is 31.7 Å². The molecule has 1 aromatic carbocycles. The van der Waals surface area contributed by atoms with Crippen LogP contribution in [0.4, 0.5) is 4.39 Å². The predicted octanol–water partition coefficient (Wildman–Crippen LogP) is 2.21. The number of rotatable bonds is 4. The van der Waals surface area contributed by atoms with Crippen molar-refractivity contribution >= 4 is 27.4 Å². The second kappa shape index (κ2) is 6.38. The quantitative estimate of drug-likeness (QED) is 0.767. The Morgan fingerprint density at radius 1 is 1.32 bits per heavy atom. The molecule has 1 aromatic rings. The van der Waals surface area contributed by atoms with Gasteiger partial charge in [0.05, 0.1) is 10.5 Å². The summed E-state index contributed by atoms with van der Waals surface area (Å²) in [5, 5.41) is 13.4. The molecule has 3 N–H and O–H groups in total. The van der Waals surface area contributed by atoms with Crippen LogP contribution >= 0.6 is 0 Å². The minimum absolute atomic E-state index is 0.0283. The molecule has 1 saturated carbocycles. The van der Waals surface area contributed by atoms with E-state index in [1.54, 1.807) is 0 Å². The smallest absolute Gasteiger partial charge is 0.257 e. The molecule has 3 aliphatic rings. The lowest BCUT2D eigenvalue weighted by Crippen LogP contribution is -2.27. The fourth-order valence-electron chi connectivity index (χ4n) is 3.59. The van der Waals surface area contributed by atoms with Crippen LogP contribution in [0.25, 0.3) is 10.5 Å². The molecular weight excluding hydrogens is 343 g/mol. The number of hydrogen-bond donors (Lipinski definition) is 3. The Balaban J connectivity index is 1.66. The molecular formula is C18H19FN2O3S. The van der Waals surface area contributed by atoms with E-state index in [9.17, 15) is 14.1 Å². The Hall–Kier alpha value is -1.99. The first-order chi connectivity index (χ1) is 12.0. The van der Waals surface area contributed by atoms with Gasteiger partial charge in [0, 0.05) is 24.2 Å². The fourth-order valence-corrected chi connectivity index (χ4v) is 4.53. The number of halogens is 1. The number of aromatic hydroxyl groups is 1. The molecule has 0 radical (unpaired) electrons. The van der Waals surface area contributed by atoms with Gasteiger partial charge in [-0.25, -0.2) is 8.60 Å². The minimum atomic E-state index is -1.85. The van der Waals surface area contributed by atoms with Crippen LogP contribution in [-0.4, -0.2) is 27.8 Å². The van der Waals surface area contributed by atoms with E-state index in [2.05, 4.69) is 10.0 Å². The van der Waals surface area contributed by atoms with E-state index in [1.807, 2.05) is 6.08 Å². The van der Waals surface area contributed by atoms with Gasteiger partial charge in [0.25, 0.3) is 5.91 Å². The third-order valence-electron chi connectivity index (χ3n) is 5.14. The van der Waals surface area contributed by atoms with Crippen LogP contribution in [0.2, 0.25) is 0 Å². The number of phenols is 1. The molecule has 25 heavy (non-hydrogen) atoms. The summed E-state index contributed by atoms with van der Waals surface area (Å²) >= 11 is 0. The third-order valence-corrected chi connectivity index (χ3v) is 6.24. The lowest BCUT2D eigenvalue weighted by molar-refractivity contribution is -0.114. The highest BCUT2D eigenvalue weighted by atomic mass is 32.2. The molecule has 4 rings (SSSR count). The van der Waals surface area contributed by atoms with Gasteiger partial charge in [-0.2, -0.15) is 0 Å². The van der Waals surface area contributed by atoms with Crippen molar-refractivity contribution in [3.8, 4) is 5.75 Å². The lowest BCUT2D eigenvalue weighted by atomic mass is 9.81. The molecule has 132 valence electrons.